The van der Waals surface area contributed by atoms with Crippen LogP contribution in [-0.4, -0.2) is 40.3 Å². The zero-order valence-electron chi connectivity index (χ0n) is 14.2. The summed E-state index contributed by atoms with van der Waals surface area (Å²) in [6.07, 6.45) is 7.59. The van der Waals surface area contributed by atoms with E-state index in [-0.39, 0.29) is 25.3 Å². The maximum Gasteiger partial charge on any atom is 0.410 e. The van der Waals surface area contributed by atoms with Crippen molar-refractivity contribution in [1.82, 2.24) is 9.88 Å². The number of cyclic esters (lactones) is 1. The molecule has 23 heavy (non-hydrogen) atoms. The Bertz CT molecular complexity index is 490. The molecule has 1 aliphatic heterocycles. The van der Waals surface area contributed by atoms with Crippen molar-refractivity contribution in [3.63, 3.8) is 0 Å². The highest BCUT2D eigenvalue weighted by Gasteiger charge is 2.32. The SMILES string of the molecule is CCCCC(CCC)c1ccc(CN2C(=O)OCC2CO)nc1. The van der Waals surface area contributed by atoms with Gasteiger partial charge < -0.3 is 9.84 Å². The van der Waals surface area contributed by atoms with E-state index in [0.29, 0.717) is 12.5 Å². The summed E-state index contributed by atoms with van der Waals surface area (Å²) in [5.41, 5.74) is 2.11. The van der Waals surface area contributed by atoms with Crippen LogP contribution in [0.4, 0.5) is 4.79 Å². The number of nitrogens with zero attached hydrogens (tertiary/aromatic N) is 2. The van der Waals surface area contributed by atoms with Crippen LogP contribution in [0.25, 0.3) is 0 Å². The summed E-state index contributed by atoms with van der Waals surface area (Å²) in [6.45, 7) is 4.99. The molecule has 1 amide bonds. The van der Waals surface area contributed by atoms with Crippen LogP contribution in [0.2, 0.25) is 0 Å². The number of aliphatic hydroxyl groups excluding tert-OH is 1. The van der Waals surface area contributed by atoms with Crippen molar-refractivity contribution >= 4 is 6.09 Å². The van der Waals surface area contributed by atoms with Gasteiger partial charge in [-0.05, 0) is 30.4 Å². The third-order valence-electron chi connectivity index (χ3n) is 4.48. The predicted octanol–water partition coefficient (Wildman–Crippen LogP) is 3.47. The van der Waals surface area contributed by atoms with Gasteiger partial charge in [0.2, 0.25) is 0 Å². The molecule has 0 spiro atoms. The lowest BCUT2D eigenvalue weighted by atomic mass is 9.90. The Balaban J connectivity index is 2.01. The van der Waals surface area contributed by atoms with Gasteiger partial charge in [-0.25, -0.2) is 4.79 Å². The monoisotopic (exact) mass is 320 g/mol. The molecule has 5 heteroatoms. The first-order chi connectivity index (χ1) is 11.2. The summed E-state index contributed by atoms with van der Waals surface area (Å²) in [4.78, 5) is 17.8. The fourth-order valence-corrected chi connectivity index (χ4v) is 3.06. The highest BCUT2D eigenvalue weighted by Crippen LogP contribution is 2.27. The summed E-state index contributed by atoms with van der Waals surface area (Å²) in [5, 5.41) is 9.30. The van der Waals surface area contributed by atoms with Crippen LogP contribution in [0.15, 0.2) is 18.3 Å². The summed E-state index contributed by atoms with van der Waals surface area (Å²) in [7, 11) is 0. The minimum atomic E-state index is -0.373. The quantitative estimate of drug-likeness (QED) is 0.757. The lowest BCUT2D eigenvalue weighted by Crippen LogP contribution is -2.35. The van der Waals surface area contributed by atoms with Crippen molar-refractivity contribution < 1.29 is 14.6 Å². The van der Waals surface area contributed by atoms with Crippen LogP contribution in [0.5, 0.6) is 0 Å². The highest BCUT2D eigenvalue weighted by molar-refractivity contribution is 5.70. The van der Waals surface area contributed by atoms with Gasteiger partial charge in [0.25, 0.3) is 0 Å². The van der Waals surface area contributed by atoms with E-state index in [9.17, 15) is 9.90 Å². The zero-order valence-corrected chi connectivity index (χ0v) is 14.2. The number of carbonyl (C=O) groups excluding carboxylic acids is 1. The molecule has 2 atom stereocenters. The van der Waals surface area contributed by atoms with Crippen molar-refractivity contribution in [3.05, 3.63) is 29.6 Å². The maximum atomic E-state index is 11.7. The van der Waals surface area contributed by atoms with Gasteiger partial charge in [0.05, 0.1) is 24.9 Å². The number of rotatable bonds is 9. The van der Waals surface area contributed by atoms with Crippen LogP contribution in [0.3, 0.4) is 0 Å². The second-order valence-corrected chi connectivity index (χ2v) is 6.25. The Morgan fingerprint density at radius 1 is 1.35 bits per heavy atom. The number of ether oxygens (including phenoxy) is 1. The van der Waals surface area contributed by atoms with E-state index in [0.717, 1.165) is 5.69 Å². The minimum Gasteiger partial charge on any atom is -0.447 e. The molecule has 0 bridgehead atoms. The van der Waals surface area contributed by atoms with Crippen molar-refractivity contribution in [2.24, 2.45) is 0 Å². The molecular formula is C18H28N2O3. The van der Waals surface area contributed by atoms with E-state index in [1.165, 1.54) is 37.7 Å². The van der Waals surface area contributed by atoms with E-state index in [1.54, 1.807) is 4.90 Å². The first-order valence-corrected chi connectivity index (χ1v) is 8.68. The van der Waals surface area contributed by atoms with Crippen molar-refractivity contribution in [3.8, 4) is 0 Å². The standard InChI is InChI=1S/C18H28N2O3/c1-3-5-7-14(6-4-2)15-8-9-16(19-10-15)11-20-17(12-21)13-23-18(20)22/h8-10,14,17,21H,3-7,11-13H2,1-2H3. The molecule has 0 saturated carbocycles. The summed E-state index contributed by atoms with van der Waals surface area (Å²) in [5.74, 6) is 0.573. The van der Waals surface area contributed by atoms with Crippen molar-refractivity contribution in [1.29, 1.82) is 0 Å². The number of aliphatic hydroxyl groups is 1. The smallest absolute Gasteiger partial charge is 0.410 e. The van der Waals surface area contributed by atoms with Gasteiger partial charge in [-0.1, -0.05) is 39.2 Å². The van der Waals surface area contributed by atoms with Crippen LogP contribution >= 0.6 is 0 Å². The average Bonchev–Trinajstić information content (AvgIpc) is 2.92. The number of pyridine rings is 1. The summed E-state index contributed by atoms with van der Waals surface area (Å²) < 4.78 is 4.98. The number of hydrogen-bond donors (Lipinski definition) is 1. The molecule has 2 rings (SSSR count). The topological polar surface area (TPSA) is 62.7 Å². The van der Waals surface area contributed by atoms with Crippen molar-refractivity contribution in [2.75, 3.05) is 13.2 Å². The van der Waals surface area contributed by atoms with Crippen LogP contribution < -0.4 is 0 Å². The predicted molar refractivity (Wildman–Crippen MR) is 89.2 cm³/mol. The number of aromatic nitrogens is 1. The fraction of sp³-hybridized carbons (Fsp3) is 0.667. The number of hydrogen-bond acceptors (Lipinski definition) is 4. The molecule has 0 radical (unpaired) electrons. The summed E-state index contributed by atoms with van der Waals surface area (Å²) in [6, 6.07) is 3.86. The average molecular weight is 320 g/mol. The van der Waals surface area contributed by atoms with E-state index in [4.69, 9.17) is 4.74 Å². The molecule has 1 fully saturated rings. The van der Waals surface area contributed by atoms with E-state index < -0.39 is 0 Å². The second-order valence-electron chi connectivity index (χ2n) is 6.25. The number of unbranched alkanes of at least 4 members (excludes halogenated alkanes) is 1. The fourth-order valence-electron chi connectivity index (χ4n) is 3.06. The van der Waals surface area contributed by atoms with E-state index in [2.05, 4.69) is 24.9 Å². The molecule has 0 aliphatic carbocycles. The Labute approximate surface area is 138 Å². The lowest BCUT2D eigenvalue weighted by molar-refractivity contribution is 0.150. The van der Waals surface area contributed by atoms with Gasteiger partial charge in [0.1, 0.15) is 6.61 Å². The lowest BCUT2D eigenvalue weighted by Gasteiger charge is -2.20. The summed E-state index contributed by atoms with van der Waals surface area (Å²) >= 11 is 0. The molecule has 2 heterocycles. The first kappa shape index (κ1) is 17.7. The Hall–Kier alpha value is -1.62. The van der Waals surface area contributed by atoms with Gasteiger partial charge in [0.15, 0.2) is 0 Å². The van der Waals surface area contributed by atoms with Gasteiger partial charge in [-0.15, -0.1) is 0 Å². The van der Waals surface area contributed by atoms with Crippen LogP contribution in [0.1, 0.15) is 63.1 Å². The van der Waals surface area contributed by atoms with Gasteiger partial charge in [0, 0.05) is 6.20 Å². The van der Waals surface area contributed by atoms with E-state index >= 15 is 0 Å². The Kier molecular flexibility index (Phi) is 6.84. The third-order valence-corrected chi connectivity index (χ3v) is 4.48. The molecule has 1 aliphatic rings. The molecule has 0 aromatic carbocycles. The molecule has 1 N–H and O–H groups in total. The Morgan fingerprint density at radius 3 is 2.78 bits per heavy atom. The number of carbonyl (C=O) groups is 1. The minimum absolute atomic E-state index is 0.0839. The molecule has 1 aromatic heterocycles. The normalized spacial score (nSPS) is 19.0. The van der Waals surface area contributed by atoms with Crippen molar-refractivity contribution in [2.45, 2.75) is 64.5 Å². The first-order valence-electron chi connectivity index (χ1n) is 8.68. The number of amides is 1. The molecule has 5 nitrogen and oxygen atoms in total. The van der Waals surface area contributed by atoms with Crippen LogP contribution in [0, 0.1) is 0 Å². The van der Waals surface area contributed by atoms with Gasteiger partial charge in [-0.3, -0.25) is 9.88 Å². The molecule has 1 saturated heterocycles. The Morgan fingerprint density at radius 2 is 2.17 bits per heavy atom. The largest absolute Gasteiger partial charge is 0.447 e. The molecule has 2 unspecified atom stereocenters. The maximum absolute atomic E-state index is 11.7. The van der Waals surface area contributed by atoms with Gasteiger partial charge >= 0.3 is 6.09 Å². The highest BCUT2D eigenvalue weighted by atomic mass is 16.6. The van der Waals surface area contributed by atoms with E-state index in [1.807, 2.05) is 12.3 Å². The molecular weight excluding hydrogens is 292 g/mol. The second kappa shape index (κ2) is 8.87. The molecule has 128 valence electrons. The molecule has 1 aromatic rings. The van der Waals surface area contributed by atoms with Crippen LogP contribution in [-0.2, 0) is 11.3 Å². The third kappa shape index (κ3) is 4.67. The zero-order chi connectivity index (χ0) is 16.7. The van der Waals surface area contributed by atoms with Gasteiger partial charge in [-0.2, -0.15) is 0 Å².